The van der Waals surface area contributed by atoms with E-state index in [1.165, 1.54) is 103 Å². The first kappa shape index (κ1) is 30.5. The Balaban J connectivity index is 3.46. The van der Waals surface area contributed by atoms with Crippen molar-refractivity contribution in [1.82, 2.24) is 0 Å². The minimum Gasteiger partial charge on any atom is -0.287 e. The summed E-state index contributed by atoms with van der Waals surface area (Å²) in [4.78, 5) is 0. The molecule has 0 saturated carbocycles. The Bertz CT molecular complexity index is 350. The molecule has 4 nitrogen and oxygen atoms in total. The largest absolute Gasteiger partial charge is 0.477 e. The molecule has 0 aliphatic heterocycles. The molecular weight excluding hydrogens is 414 g/mol. The van der Waals surface area contributed by atoms with E-state index in [2.05, 4.69) is 13.8 Å². The van der Waals surface area contributed by atoms with Crippen LogP contribution in [0.1, 0.15) is 142 Å². The van der Waals surface area contributed by atoms with Crippen molar-refractivity contribution in [3.63, 3.8) is 0 Å². The lowest BCUT2D eigenvalue weighted by atomic mass is 10.1. The van der Waals surface area contributed by atoms with Crippen molar-refractivity contribution in [2.24, 2.45) is 0 Å². The first-order valence-corrected chi connectivity index (χ1v) is 14.9. The summed E-state index contributed by atoms with van der Waals surface area (Å²) in [5.41, 5.74) is 0. The summed E-state index contributed by atoms with van der Waals surface area (Å²) < 4.78 is 28.2. The molecule has 0 aromatic rings. The topological polar surface area (TPSA) is 44.8 Å². The molecule has 0 saturated heterocycles. The molecule has 0 heterocycles. The van der Waals surface area contributed by atoms with Gasteiger partial charge in [0.15, 0.2) is 0 Å². The van der Waals surface area contributed by atoms with Crippen LogP contribution in [0, 0.1) is 0 Å². The maximum Gasteiger partial charge on any atom is 0.477 e. The van der Waals surface area contributed by atoms with Crippen molar-refractivity contribution in [2.75, 3.05) is 13.2 Å². The molecule has 182 valence electrons. The molecule has 0 aromatic carbocycles. The number of hydrogen-bond acceptors (Lipinski definition) is 4. The number of rotatable bonds is 25. The second kappa shape index (κ2) is 24.2. The van der Waals surface area contributed by atoms with Crippen LogP contribution in [0.5, 0.6) is 0 Å². The number of hydrogen-bond donors (Lipinski definition) is 0. The van der Waals surface area contributed by atoms with E-state index in [0.29, 0.717) is 13.2 Å². The lowest BCUT2D eigenvalue weighted by molar-refractivity contribution is 0.156. The molecule has 0 amide bonds. The summed E-state index contributed by atoms with van der Waals surface area (Å²) >= 11 is 0. The second-order valence-corrected chi connectivity index (χ2v) is 10.8. The Kier molecular flexibility index (Phi) is 24.6. The smallest absolute Gasteiger partial charge is 0.287 e. The SMILES string of the molecule is CCCCCCCCCCCCOP(=O)(OP)OCCCCCCCCCCCC. The van der Waals surface area contributed by atoms with E-state index in [0.717, 1.165) is 25.7 Å². The zero-order chi connectivity index (χ0) is 22.2. The number of unbranched alkanes of at least 4 members (excludes halogenated alkanes) is 18. The molecule has 0 radical (unpaired) electrons. The van der Waals surface area contributed by atoms with Crippen LogP contribution >= 0.6 is 17.3 Å². The third-order valence-corrected chi connectivity index (χ3v) is 7.65. The van der Waals surface area contributed by atoms with Gasteiger partial charge in [-0.1, -0.05) is 129 Å². The van der Waals surface area contributed by atoms with E-state index in [4.69, 9.17) is 13.4 Å². The van der Waals surface area contributed by atoms with Crippen molar-refractivity contribution in [1.29, 1.82) is 0 Å². The molecule has 0 aromatic heterocycles. The van der Waals surface area contributed by atoms with E-state index < -0.39 is 7.82 Å². The van der Waals surface area contributed by atoms with E-state index in [1.54, 1.807) is 0 Å². The zero-order valence-corrected chi connectivity index (χ0v) is 22.3. The van der Waals surface area contributed by atoms with Crippen LogP contribution in [0.2, 0.25) is 0 Å². The zero-order valence-electron chi connectivity index (χ0n) is 20.2. The third-order valence-electron chi connectivity index (χ3n) is 5.62. The normalized spacial score (nSPS) is 12.0. The molecule has 0 aliphatic rings. The van der Waals surface area contributed by atoms with Gasteiger partial charge in [0, 0.05) is 9.47 Å². The highest BCUT2D eigenvalue weighted by Crippen LogP contribution is 2.51. The van der Waals surface area contributed by atoms with Gasteiger partial charge in [0.05, 0.1) is 13.2 Å². The monoisotopic (exact) mass is 466 g/mol. The van der Waals surface area contributed by atoms with E-state index in [-0.39, 0.29) is 0 Å². The Morgan fingerprint density at radius 1 is 0.500 bits per heavy atom. The standard InChI is InChI=1S/C24H52O4P2/c1-3-5-7-9-11-13-15-17-19-21-23-26-30(25,28-29)27-24-22-20-18-16-14-12-10-8-6-4-2/h3-24,29H2,1-2H3. The summed E-state index contributed by atoms with van der Waals surface area (Å²) in [5, 5.41) is 0. The predicted octanol–water partition coefficient (Wildman–Crippen LogP) is 9.78. The Morgan fingerprint density at radius 2 is 0.767 bits per heavy atom. The van der Waals surface area contributed by atoms with Gasteiger partial charge < -0.3 is 0 Å². The summed E-state index contributed by atoms with van der Waals surface area (Å²) in [5.74, 6) is 0. The maximum atomic E-state index is 12.4. The lowest BCUT2D eigenvalue weighted by Gasteiger charge is -2.15. The first-order chi connectivity index (χ1) is 14.7. The Hall–Kier alpha value is 0.540. The van der Waals surface area contributed by atoms with Gasteiger partial charge in [-0.3, -0.25) is 13.4 Å². The van der Waals surface area contributed by atoms with Gasteiger partial charge >= 0.3 is 7.82 Å². The van der Waals surface area contributed by atoms with Crippen LogP contribution in [-0.4, -0.2) is 13.2 Å². The minimum absolute atomic E-state index is 0.445. The van der Waals surface area contributed by atoms with Crippen LogP contribution in [-0.2, 0) is 17.9 Å². The number of phosphoric acid groups is 1. The molecule has 0 rings (SSSR count). The fourth-order valence-corrected chi connectivity index (χ4v) is 4.90. The Labute approximate surface area is 190 Å². The highest BCUT2D eigenvalue weighted by Gasteiger charge is 2.24. The third kappa shape index (κ3) is 21.8. The molecule has 1 unspecified atom stereocenters. The van der Waals surface area contributed by atoms with Crippen molar-refractivity contribution in [2.45, 2.75) is 142 Å². The Morgan fingerprint density at radius 3 is 1.03 bits per heavy atom. The van der Waals surface area contributed by atoms with Gasteiger partial charge in [-0.25, -0.2) is 4.57 Å². The van der Waals surface area contributed by atoms with Crippen LogP contribution in [0.25, 0.3) is 0 Å². The van der Waals surface area contributed by atoms with E-state index in [9.17, 15) is 4.57 Å². The van der Waals surface area contributed by atoms with Gasteiger partial charge in [-0.05, 0) is 12.8 Å². The van der Waals surface area contributed by atoms with Gasteiger partial charge in [-0.15, -0.1) is 0 Å². The molecule has 30 heavy (non-hydrogen) atoms. The summed E-state index contributed by atoms with van der Waals surface area (Å²) in [6.07, 6.45) is 25.4. The van der Waals surface area contributed by atoms with Crippen LogP contribution < -0.4 is 0 Å². The summed E-state index contributed by atoms with van der Waals surface area (Å²) in [6.45, 7) is 5.40. The van der Waals surface area contributed by atoms with Gasteiger partial charge in [0.1, 0.15) is 0 Å². The predicted molar refractivity (Wildman–Crippen MR) is 134 cm³/mol. The van der Waals surface area contributed by atoms with E-state index >= 15 is 0 Å². The first-order valence-electron chi connectivity index (χ1n) is 13.0. The average molecular weight is 467 g/mol. The maximum absolute atomic E-state index is 12.4. The molecule has 0 spiro atoms. The minimum atomic E-state index is -3.39. The molecule has 0 N–H and O–H groups in total. The van der Waals surface area contributed by atoms with Crippen LogP contribution in [0.3, 0.4) is 0 Å². The van der Waals surface area contributed by atoms with Crippen molar-refractivity contribution in [3.8, 4) is 0 Å². The molecule has 0 fully saturated rings. The fraction of sp³-hybridized carbons (Fsp3) is 1.00. The highest BCUT2D eigenvalue weighted by molar-refractivity contribution is 7.53. The molecule has 0 bridgehead atoms. The molecule has 6 heteroatoms. The molecule has 0 aliphatic carbocycles. The van der Waals surface area contributed by atoms with Gasteiger partial charge in [0.2, 0.25) is 0 Å². The van der Waals surface area contributed by atoms with Crippen molar-refractivity contribution in [3.05, 3.63) is 0 Å². The summed E-state index contributed by atoms with van der Waals surface area (Å²) in [6, 6.07) is 0. The van der Waals surface area contributed by atoms with E-state index in [1.807, 2.05) is 9.47 Å². The van der Waals surface area contributed by atoms with Gasteiger partial charge in [0.25, 0.3) is 0 Å². The lowest BCUT2D eigenvalue weighted by Crippen LogP contribution is -2.00. The fourth-order valence-electron chi connectivity index (χ4n) is 3.63. The average Bonchev–Trinajstić information content (AvgIpc) is 2.76. The quantitative estimate of drug-likeness (QED) is 0.0992. The van der Waals surface area contributed by atoms with Gasteiger partial charge in [-0.2, -0.15) is 0 Å². The second-order valence-electron chi connectivity index (χ2n) is 8.58. The van der Waals surface area contributed by atoms with Crippen molar-refractivity contribution < 1.29 is 17.9 Å². The van der Waals surface area contributed by atoms with Crippen LogP contribution in [0.15, 0.2) is 0 Å². The van der Waals surface area contributed by atoms with Crippen LogP contribution in [0.4, 0.5) is 0 Å². The highest BCUT2D eigenvalue weighted by atomic mass is 31.2. The number of phosphoric ester groups is 1. The summed E-state index contributed by atoms with van der Waals surface area (Å²) in [7, 11) is -1.35. The molecular formula is C24H52O4P2. The molecule has 1 atom stereocenters. The van der Waals surface area contributed by atoms with Crippen molar-refractivity contribution >= 4 is 17.3 Å².